The molecule has 0 saturated carbocycles. The number of rotatable bonds is 13. The van der Waals surface area contributed by atoms with Crippen molar-refractivity contribution in [2.75, 3.05) is 0 Å². The van der Waals surface area contributed by atoms with Crippen LogP contribution in [0.2, 0.25) is 0 Å². The van der Waals surface area contributed by atoms with E-state index in [0.717, 1.165) is 243 Å². The first-order valence-corrected chi connectivity index (χ1v) is 42.2. The Bertz CT molecular complexity index is 8330. The van der Waals surface area contributed by atoms with Crippen molar-refractivity contribution in [1.29, 1.82) is 0 Å². The molecule has 0 atom stereocenters. The van der Waals surface area contributed by atoms with Gasteiger partial charge in [0.2, 0.25) is 0 Å². The van der Waals surface area contributed by atoms with Crippen LogP contribution >= 0.6 is 0 Å². The van der Waals surface area contributed by atoms with Gasteiger partial charge in [-0.3, -0.25) is 9.97 Å². The standard InChI is InChI=1S/C61H37N3O2.C55H33N3O2/c1-2-14-39(15-3-1)55-37-56(64-61(63-55)53-25-13-21-47-44(18-10-22-48(47)53)38-29-31-40(32-30-38)54-26-8-9-33-62-54)43-35-41(45-19-11-23-51-49-16-4-6-27-57(49)65-59(45)51)34-42(36-43)46-20-12-24-52-50-17-5-7-28-58(50)66-60(46)52;1-2-13-34(14-3-1)49-32-50(58-55(57-49)48-25-11-21-42-39(18-8-22-43(42)48)35-15-12-28-56-33-35)38-30-36(40-19-9-23-46-44-16-4-6-26-51(44)59-53(40)46)29-37(31-38)41-20-10-24-47-45-17-5-7-27-52(45)60-54(41)47/h1-37H;1-33H. The molecular formula is C116H70N6O4. The minimum Gasteiger partial charge on any atom is -0.455 e. The number of hydrogen-bond donors (Lipinski definition) is 0. The highest BCUT2D eigenvalue weighted by molar-refractivity contribution is 6.15. The van der Waals surface area contributed by atoms with Crippen LogP contribution in [0.5, 0.6) is 0 Å². The van der Waals surface area contributed by atoms with Crippen LogP contribution < -0.4 is 0 Å². The molecule has 8 aromatic heterocycles. The Balaban J connectivity index is 0.000000142. The van der Waals surface area contributed by atoms with Gasteiger partial charge in [0.05, 0.1) is 28.5 Å². The summed E-state index contributed by atoms with van der Waals surface area (Å²) in [4.78, 5) is 30.6. The molecular weight excluding hydrogens is 1540 g/mol. The van der Waals surface area contributed by atoms with Gasteiger partial charge in [-0.05, 0) is 151 Å². The molecule has 10 heteroatoms. The first-order valence-electron chi connectivity index (χ1n) is 42.2. The van der Waals surface area contributed by atoms with Crippen molar-refractivity contribution in [3.63, 3.8) is 0 Å². The molecule has 0 spiro atoms. The van der Waals surface area contributed by atoms with Gasteiger partial charge in [-0.2, -0.15) is 0 Å². The van der Waals surface area contributed by atoms with E-state index in [9.17, 15) is 0 Å². The molecule has 588 valence electrons. The second-order valence-electron chi connectivity index (χ2n) is 31.8. The summed E-state index contributed by atoms with van der Waals surface area (Å²) in [7, 11) is 0. The number of benzene rings is 17. The molecule has 0 N–H and O–H groups in total. The largest absolute Gasteiger partial charge is 0.455 e. The number of nitrogens with zero attached hydrogens (tertiary/aromatic N) is 6. The number of para-hydroxylation sites is 8. The number of fused-ring (bicyclic) bond motifs is 14. The lowest BCUT2D eigenvalue weighted by atomic mass is 9.92. The van der Waals surface area contributed by atoms with Crippen LogP contribution in [0.3, 0.4) is 0 Å². The van der Waals surface area contributed by atoms with Crippen LogP contribution in [0.15, 0.2) is 443 Å². The van der Waals surface area contributed by atoms with Crippen LogP contribution in [0.1, 0.15) is 0 Å². The SMILES string of the molecule is c1ccc(-c2cc(-c3cc(-c4cccc5c4oc4ccccc45)cc(-c4cccc5c4oc4ccccc45)c3)nc(-c3cccc4c(-c5ccc(-c6ccccn6)cc5)cccc34)n2)cc1.c1ccc(-c2cc(-c3cc(-c4cccc5c4oc4ccccc45)cc(-c4cccc5c4oc4ccccc45)c3)nc(-c3cccc4c(-c5cccnc5)cccc34)n2)cc1. The lowest BCUT2D eigenvalue weighted by Crippen LogP contribution is -1.97. The summed E-state index contributed by atoms with van der Waals surface area (Å²) in [5.74, 6) is 1.29. The maximum absolute atomic E-state index is 6.65. The third kappa shape index (κ3) is 12.9. The highest BCUT2D eigenvalue weighted by Gasteiger charge is 2.25. The van der Waals surface area contributed by atoms with Gasteiger partial charge in [0, 0.05) is 128 Å². The zero-order chi connectivity index (χ0) is 83.1. The van der Waals surface area contributed by atoms with Crippen LogP contribution in [-0.4, -0.2) is 29.9 Å². The molecule has 17 aromatic carbocycles. The molecule has 0 radical (unpaired) electrons. The Morgan fingerprint density at radius 3 is 0.810 bits per heavy atom. The van der Waals surface area contributed by atoms with Gasteiger partial charge >= 0.3 is 0 Å². The van der Waals surface area contributed by atoms with E-state index >= 15 is 0 Å². The molecule has 25 aromatic rings. The van der Waals surface area contributed by atoms with E-state index in [2.05, 4.69) is 331 Å². The molecule has 0 amide bonds. The predicted octanol–water partition coefficient (Wildman–Crippen LogP) is 31.3. The van der Waals surface area contributed by atoms with Crippen LogP contribution in [0, 0.1) is 0 Å². The van der Waals surface area contributed by atoms with E-state index in [1.54, 1.807) is 6.20 Å². The second kappa shape index (κ2) is 30.6. The fourth-order valence-corrected chi connectivity index (χ4v) is 18.4. The molecule has 0 aliphatic rings. The average Bonchev–Trinajstić information content (AvgIpc) is 1.14. The van der Waals surface area contributed by atoms with Gasteiger partial charge in [-0.1, -0.05) is 315 Å². The van der Waals surface area contributed by atoms with Gasteiger partial charge in [0.1, 0.15) is 44.7 Å². The Morgan fingerprint density at radius 1 is 0.159 bits per heavy atom. The van der Waals surface area contributed by atoms with E-state index in [1.807, 2.05) is 97.3 Å². The highest BCUT2D eigenvalue weighted by atomic mass is 16.3. The molecule has 0 bridgehead atoms. The van der Waals surface area contributed by atoms with Gasteiger partial charge in [-0.25, -0.2) is 19.9 Å². The number of furan rings is 4. The Labute approximate surface area is 723 Å². The molecule has 0 aliphatic carbocycles. The normalized spacial score (nSPS) is 11.7. The maximum Gasteiger partial charge on any atom is 0.161 e. The monoisotopic (exact) mass is 1610 g/mol. The van der Waals surface area contributed by atoms with E-state index in [-0.39, 0.29) is 0 Å². The van der Waals surface area contributed by atoms with Crippen LogP contribution in [0.4, 0.5) is 0 Å². The van der Waals surface area contributed by atoms with Gasteiger partial charge in [0.15, 0.2) is 11.6 Å². The number of hydrogen-bond acceptors (Lipinski definition) is 10. The zero-order valence-electron chi connectivity index (χ0n) is 67.7. The zero-order valence-corrected chi connectivity index (χ0v) is 67.7. The lowest BCUT2D eigenvalue weighted by Gasteiger charge is -2.15. The highest BCUT2D eigenvalue weighted by Crippen LogP contribution is 2.48. The smallest absolute Gasteiger partial charge is 0.161 e. The molecule has 0 unspecified atom stereocenters. The van der Waals surface area contributed by atoms with Crippen molar-refractivity contribution >= 4 is 109 Å². The predicted molar refractivity (Wildman–Crippen MR) is 514 cm³/mol. The summed E-state index contributed by atoms with van der Waals surface area (Å²) in [6.07, 6.45) is 5.55. The van der Waals surface area contributed by atoms with Gasteiger partial charge in [-0.15, -0.1) is 0 Å². The van der Waals surface area contributed by atoms with Crippen LogP contribution in [-0.2, 0) is 0 Å². The Morgan fingerprint density at radius 2 is 0.444 bits per heavy atom. The summed E-state index contributed by atoms with van der Waals surface area (Å²) >= 11 is 0. The molecule has 0 saturated heterocycles. The Kier molecular flexibility index (Phi) is 17.7. The second-order valence-corrected chi connectivity index (χ2v) is 31.8. The fourth-order valence-electron chi connectivity index (χ4n) is 18.4. The van der Waals surface area contributed by atoms with Crippen molar-refractivity contribution in [1.82, 2.24) is 29.9 Å². The van der Waals surface area contributed by atoms with E-state index in [1.165, 1.54) is 0 Å². The van der Waals surface area contributed by atoms with Gasteiger partial charge in [0.25, 0.3) is 0 Å². The molecule has 8 heterocycles. The fraction of sp³-hybridized carbons (Fsp3) is 0. The topological polar surface area (TPSA) is 130 Å². The molecule has 0 aliphatic heterocycles. The summed E-state index contributed by atoms with van der Waals surface area (Å²) in [6.45, 7) is 0. The molecule has 0 fully saturated rings. The Hall–Kier alpha value is -17.1. The maximum atomic E-state index is 6.65. The van der Waals surface area contributed by atoms with Crippen molar-refractivity contribution in [2.45, 2.75) is 0 Å². The first-order chi connectivity index (χ1) is 62.4. The van der Waals surface area contributed by atoms with Crippen molar-refractivity contribution in [3.05, 3.63) is 425 Å². The van der Waals surface area contributed by atoms with Crippen molar-refractivity contribution in [3.8, 4) is 146 Å². The van der Waals surface area contributed by atoms with Gasteiger partial charge < -0.3 is 17.7 Å². The number of pyridine rings is 2. The number of aromatic nitrogens is 6. The molecule has 25 rings (SSSR count). The van der Waals surface area contributed by atoms with Crippen LogP contribution in [0.25, 0.3) is 255 Å². The van der Waals surface area contributed by atoms with Crippen molar-refractivity contribution in [2.24, 2.45) is 0 Å². The summed E-state index contributed by atoms with van der Waals surface area (Å²) in [5, 5.41) is 13.0. The summed E-state index contributed by atoms with van der Waals surface area (Å²) in [5.41, 5.74) is 30.4. The minimum atomic E-state index is 0.644. The molecule has 126 heavy (non-hydrogen) atoms. The van der Waals surface area contributed by atoms with E-state index in [0.29, 0.717) is 11.6 Å². The summed E-state index contributed by atoms with van der Waals surface area (Å²) in [6, 6.07) is 141. The minimum absolute atomic E-state index is 0.644. The molecule has 10 nitrogen and oxygen atoms in total. The van der Waals surface area contributed by atoms with E-state index in [4.69, 9.17) is 37.6 Å². The average molecular weight is 1610 g/mol. The lowest BCUT2D eigenvalue weighted by molar-refractivity contribution is 0.669. The summed E-state index contributed by atoms with van der Waals surface area (Å²) < 4.78 is 26.6. The third-order valence-corrected chi connectivity index (χ3v) is 24.4. The first kappa shape index (κ1) is 72.9. The van der Waals surface area contributed by atoms with Crippen molar-refractivity contribution < 1.29 is 17.7 Å². The third-order valence-electron chi connectivity index (χ3n) is 24.4. The van der Waals surface area contributed by atoms with E-state index < -0.39 is 0 Å². The quantitative estimate of drug-likeness (QED) is 0.110.